The molecule has 0 bridgehead atoms. The molecule has 0 aliphatic heterocycles. The quantitative estimate of drug-likeness (QED) is 0.425. The standard InChI is InChI=1S/C19H12BrFN2O4/c20-12-5-7-15(8-6-12)27-16-10-13(9-14(11-16)23(25)26)22-19(24)17-3-1-2-4-18(17)21/h1-11H,(H,22,24). The lowest BCUT2D eigenvalue weighted by atomic mass is 10.2. The minimum atomic E-state index is -0.719. The van der Waals surface area contributed by atoms with Gasteiger partial charge in [0.05, 0.1) is 22.2 Å². The fourth-order valence-electron chi connectivity index (χ4n) is 2.30. The highest BCUT2D eigenvalue weighted by atomic mass is 79.9. The molecule has 136 valence electrons. The van der Waals surface area contributed by atoms with E-state index in [1.54, 1.807) is 24.3 Å². The minimum Gasteiger partial charge on any atom is -0.457 e. The Morgan fingerprint density at radius 1 is 1.04 bits per heavy atom. The molecule has 27 heavy (non-hydrogen) atoms. The number of nitrogens with one attached hydrogen (secondary N) is 1. The van der Waals surface area contributed by atoms with Crippen LogP contribution in [-0.4, -0.2) is 10.8 Å². The zero-order valence-electron chi connectivity index (χ0n) is 13.7. The van der Waals surface area contributed by atoms with Crippen LogP contribution >= 0.6 is 15.9 Å². The number of hydrogen-bond acceptors (Lipinski definition) is 4. The van der Waals surface area contributed by atoms with Crippen LogP contribution in [0.4, 0.5) is 15.8 Å². The second-order valence-electron chi connectivity index (χ2n) is 5.46. The van der Waals surface area contributed by atoms with Gasteiger partial charge >= 0.3 is 0 Å². The number of carbonyl (C=O) groups excluding carboxylic acids is 1. The largest absolute Gasteiger partial charge is 0.457 e. The molecule has 0 saturated carbocycles. The molecule has 0 fully saturated rings. The van der Waals surface area contributed by atoms with Crippen LogP contribution in [-0.2, 0) is 0 Å². The third-order valence-electron chi connectivity index (χ3n) is 3.53. The monoisotopic (exact) mass is 430 g/mol. The molecule has 3 aromatic rings. The summed E-state index contributed by atoms with van der Waals surface area (Å²) in [6.07, 6.45) is 0. The third kappa shape index (κ3) is 4.68. The summed E-state index contributed by atoms with van der Waals surface area (Å²) < 4.78 is 20.2. The maximum Gasteiger partial charge on any atom is 0.275 e. The molecule has 0 aliphatic carbocycles. The van der Waals surface area contributed by atoms with Crippen LogP contribution in [0, 0.1) is 15.9 Å². The predicted octanol–water partition coefficient (Wildman–Crippen LogP) is 5.54. The molecule has 0 heterocycles. The Morgan fingerprint density at radius 3 is 2.41 bits per heavy atom. The molecule has 1 N–H and O–H groups in total. The lowest BCUT2D eigenvalue weighted by molar-refractivity contribution is -0.384. The number of amides is 1. The van der Waals surface area contributed by atoms with E-state index in [4.69, 9.17) is 4.74 Å². The van der Waals surface area contributed by atoms with Gasteiger partial charge in [-0.25, -0.2) is 4.39 Å². The number of nitro groups is 1. The van der Waals surface area contributed by atoms with Crippen LogP contribution in [0.1, 0.15) is 10.4 Å². The Bertz CT molecular complexity index is 1010. The SMILES string of the molecule is O=C(Nc1cc(Oc2ccc(Br)cc2)cc([N+](=O)[O-])c1)c1ccccc1F. The number of rotatable bonds is 5. The summed E-state index contributed by atoms with van der Waals surface area (Å²) in [5, 5.41) is 13.6. The molecule has 0 aromatic heterocycles. The van der Waals surface area contributed by atoms with E-state index in [2.05, 4.69) is 21.2 Å². The van der Waals surface area contributed by atoms with Crippen molar-refractivity contribution in [2.75, 3.05) is 5.32 Å². The molecule has 0 atom stereocenters. The van der Waals surface area contributed by atoms with Crippen LogP contribution < -0.4 is 10.1 Å². The summed E-state index contributed by atoms with van der Waals surface area (Å²) >= 11 is 3.31. The van der Waals surface area contributed by atoms with E-state index in [9.17, 15) is 19.3 Å². The number of anilines is 1. The molecular formula is C19H12BrFN2O4. The van der Waals surface area contributed by atoms with E-state index in [1.807, 2.05) is 0 Å². The first-order chi connectivity index (χ1) is 12.9. The van der Waals surface area contributed by atoms with Gasteiger partial charge in [0.2, 0.25) is 0 Å². The van der Waals surface area contributed by atoms with E-state index in [0.717, 1.165) is 10.5 Å². The number of non-ortho nitro benzene ring substituents is 1. The fraction of sp³-hybridized carbons (Fsp3) is 0. The number of hydrogen-bond donors (Lipinski definition) is 1. The number of halogens is 2. The Morgan fingerprint density at radius 2 is 1.74 bits per heavy atom. The van der Waals surface area contributed by atoms with Crippen LogP contribution in [0.5, 0.6) is 11.5 Å². The average Bonchev–Trinajstić information content (AvgIpc) is 2.63. The topological polar surface area (TPSA) is 81.5 Å². The summed E-state index contributed by atoms with van der Waals surface area (Å²) in [4.78, 5) is 22.8. The van der Waals surface area contributed by atoms with Crippen molar-refractivity contribution in [1.29, 1.82) is 0 Å². The molecule has 6 nitrogen and oxygen atoms in total. The number of benzene rings is 3. The average molecular weight is 431 g/mol. The second-order valence-corrected chi connectivity index (χ2v) is 6.38. The fourth-order valence-corrected chi connectivity index (χ4v) is 2.57. The van der Waals surface area contributed by atoms with Crippen LogP contribution in [0.15, 0.2) is 71.2 Å². The molecule has 1 amide bonds. The minimum absolute atomic E-state index is 0.115. The second kappa shape index (κ2) is 7.96. The van der Waals surface area contributed by atoms with Crippen molar-refractivity contribution in [1.82, 2.24) is 0 Å². The molecule has 8 heteroatoms. The predicted molar refractivity (Wildman–Crippen MR) is 102 cm³/mol. The Balaban J connectivity index is 1.89. The lowest BCUT2D eigenvalue weighted by Gasteiger charge is -2.10. The number of nitrogens with zero attached hydrogens (tertiary/aromatic N) is 1. The molecule has 3 aromatic carbocycles. The molecular weight excluding hydrogens is 419 g/mol. The Labute approximate surface area is 161 Å². The van der Waals surface area contributed by atoms with Gasteiger partial charge in [-0.2, -0.15) is 0 Å². The van der Waals surface area contributed by atoms with Crippen molar-refractivity contribution in [2.24, 2.45) is 0 Å². The zero-order chi connectivity index (χ0) is 19.4. The van der Waals surface area contributed by atoms with E-state index < -0.39 is 16.6 Å². The van der Waals surface area contributed by atoms with E-state index >= 15 is 0 Å². The van der Waals surface area contributed by atoms with Gasteiger partial charge in [0.1, 0.15) is 17.3 Å². The molecule has 3 rings (SSSR count). The number of carbonyl (C=O) groups is 1. The van der Waals surface area contributed by atoms with Crippen LogP contribution in [0.2, 0.25) is 0 Å². The van der Waals surface area contributed by atoms with E-state index in [1.165, 1.54) is 36.4 Å². The Hall–Kier alpha value is -3.26. The summed E-state index contributed by atoms with van der Waals surface area (Å²) in [5.41, 5.74) is -0.322. The normalized spacial score (nSPS) is 10.3. The first-order valence-electron chi connectivity index (χ1n) is 7.71. The van der Waals surface area contributed by atoms with E-state index in [0.29, 0.717) is 5.75 Å². The van der Waals surface area contributed by atoms with Crippen molar-refractivity contribution in [2.45, 2.75) is 0 Å². The van der Waals surface area contributed by atoms with Crippen molar-refractivity contribution in [3.05, 3.63) is 92.7 Å². The van der Waals surface area contributed by atoms with Gasteiger partial charge in [-0.1, -0.05) is 28.1 Å². The van der Waals surface area contributed by atoms with Crippen LogP contribution in [0.3, 0.4) is 0 Å². The third-order valence-corrected chi connectivity index (χ3v) is 4.06. The van der Waals surface area contributed by atoms with Crippen molar-refractivity contribution in [3.63, 3.8) is 0 Å². The molecule has 0 saturated heterocycles. The summed E-state index contributed by atoms with van der Waals surface area (Å²) in [6, 6.07) is 16.2. The van der Waals surface area contributed by atoms with Gasteiger partial charge in [-0.05, 0) is 36.4 Å². The van der Waals surface area contributed by atoms with Crippen molar-refractivity contribution >= 4 is 33.2 Å². The highest BCUT2D eigenvalue weighted by Gasteiger charge is 2.15. The van der Waals surface area contributed by atoms with Gasteiger partial charge in [0.15, 0.2) is 0 Å². The maximum atomic E-state index is 13.8. The molecule has 0 radical (unpaired) electrons. The van der Waals surface area contributed by atoms with Gasteiger partial charge in [-0.3, -0.25) is 14.9 Å². The number of nitro benzene ring substituents is 1. The summed E-state index contributed by atoms with van der Waals surface area (Å²) in [6.45, 7) is 0. The summed E-state index contributed by atoms with van der Waals surface area (Å²) in [5.74, 6) is -0.782. The van der Waals surface area contributed by atoms with Gasteiger partial charge in [0.25, 0.3) is 11.6 Å². The van der Waals surface area contributed by atoms with Gasteiger partial charge in [-0.15, -0.1) is 0 Å². The number of ether oxygens (including phenoxy) is 1. The highest BCUT2D eigenvalue weighted by molar-refractivity contribution is 9.10. The molecule has 0 spiro atoms. The zero-order valence-corrected chi connectivity index (χ0v) is 15.3. The van der Waals surface area contributed by atoms with Crippen molar-refractivity contribution in [3.8, 4) is 11.5 Å². The van der Waals surface area contributed by atoms with Gasteiger partial charge < -0.3 is 10.1 Å². The van der Waals surface area contributed by atoms with Gasteiger partial charge in [0, 0.05) is 16.6 Å². The molecule has 0 unspecified atom stereocenters. The maximum absolute atomic E-state index is 13.8. The lowest BCUT2D eigenvalue weighted by Crippen LogP contribution is -2.13. The Kier molecular flexibility index (Phi) is 5.46. The van der Waals surface area contributed by atoms with Crippen LogP contribution in [0.25, 0.3) is 0 Å². The van der Waals surface area contributed by atoms with E-state index in [-0.39, 0.29) is 22.7 Å². The molecule has 0 aliphatic rings. The first kappa shape index (κ1) is 18.5. The first-order valence-corrected chi connectivity index (χ1v) is 8.50. The smallest absolute Gasteiger partial charge is 0.275 e. The summed E-state index contributed by atoms with van der Waals surface area (Å²) in [7, 11) is 0. The highest BCUT2D eigenvalue weighted by Crippen LogP contribution is 2.30. The van der Waals surface area contributed by atoms with Crippen molar-refractivity contribution < 1.29 is 18.8 Å².